The Balaban J connectivity index is 0. The lowest BCUT2D eigenvalue weighted by Gasteiger charge is -1.85. The number of rotatable bonds is 0. The first-order chi connectivity index (χ1) is 3.15. The third-order valence-corrected chi connectivity index (χ3v) is 0. The lowest BCUT2D eigenvalue weighted by Crippen LogP contribution is -1.77. The van der Waals surface area contributed by atoms with E-state index < -0.39 is 10.5 Å². The van der Waals surface area contributed by atoms with E-state index in [0.29, 0.717) is 0 Å². The molecule has 0 rings (SSSR count). The molecule has 6 heteroatoms. The fourth-order valence-electron chi connectivity index (χ4n) is 0. The molecular formula is CH9O3SSi2-. The predicted molar refractivity (Wildman–Crippen MR) is 35.8 cm³/mol. The smallest absolute Gasteiger partial charge is 0.145 e. The van der Waals surface area contributed by atoms with Gasteiger partial charge in [-0.25, -0.2) is 0 Å². The molecule has 0 amide bonds. The standard InChI is InChI=1S/CH6OSi.H4O2SSi/c1-2-3;1-3(2)4/h1,3H3;4H3,(H,1,2)/p-1. The Morgan fingerprint density at radius 3 is 1.86 bits per heavy atom. The Morgan fingerprint density at radius 1 is 1.86 bits per heavy atom. The molecule has 3 nitrogen and oxygen atoms in total. The largest absolute Gasteiger partial charge is 0.778 e. The summed E-state index contributed by atoms with van der Waals surface area (Å²) in [5.41, 5.74) is 0. The SMILES string of the molecule is CO[SiH3].O=S([O-])[SiH3]. The molecule has 0 aliphatic rings. The van der Waals surface area contributed by atoms with Gasteiger partial charge in [-0.3, -0.25) is 4.21 Å². The van der Waals surface area contributed by atoms with Crippen LogP contribution in [-0.4, -0.2) is 35.7 Å². The van der Waals surface area contributed by atoms with Crippen molar-refractivity contribution in [2.75, 3.05) is 7.11 Å². The molecule has 0 aromatic heterocycles. The molecule has 0 saturated carbocycles. The Hall–Kier alpha value is 0.504. The van der Waals surface area contributed by atoms with Crippen LogP contribution in [-0.2, 0) is 15.0 Å². The second-order valence-corrected chi connectivity index (χ2v) is 4.43. The zero-order valence-corrected chi connectivity index (χ0v) is 9.45. The maximum atomic E-state index is 9.06. The van der Waals surface area contributed by atoms with Crippen molar-refractivity contribution in [2.45, 2.75) is 0 Å². The van der Waals surface area contributed by atoms with Gasteiger partial charge in [0.2, 0.25) is 0 Å². The summed E-state index contributed by atoms with van der Waals surface area (Å²) in [5.74, 6) is 0. The van der Waals surface area contributed by atoms with Crippen molar-refractivity contribution in [3.8, 4) is 0 Å². The van der Waals surface area contributed by atoms with Gasteiger partial charge in [-0.15, -0.1) is 0 Å². The van der Waals surface area contributed by atoms with Crippen LogP contribution in [0, 0.1) is 0 Å². The molecule has 0 N–H and O–H groups in total. The quantitative estimate of drug-likeness (QED) is 0.279. The van der Waals surface area contributed by atoms with Gasteiger partial charge in [-0.2, -0.15) is 0 Å². The number of hydrogen-bond acceptors (Lipinski definition) is 3. The van der Waals surface area contributed by atoms with Gasteiger partial charge in [0.05, 0.1) is 9.39 Å². The topological polar surface area (TPSA) is 49.4 Å². The van der Waals surface area contributed by atoms with Crippen molar-refractivity contribution in [2.24, 2.45) is 0 Å². The Morgan fingerprint density at radius 2 is 1.86 bits per heavy atom. The van der Waals surface area contributed by atoms with Gasteiger partial charge in [0, 0.05) is 7.11 Å². The van der Waals surface area contributed by atoms with E-state index in [0.717, 1.165) is 10.5 Å². The average Bonchev–Trinajstić information content (AvgIpc) is 1.33. The average molecular weight is 157 g/mol. The van der Waals surface area contributed by atoms with Crippen LogP contribution in [0.2, 0.25) is 0 Å². The molecule has 0 aliphatic heterocycles. The van der Waals surface area contributed by atoms with E-state index in [1.807, 2.05) is 0 Å². The summed E-state index contributed by atoms with van der Waals surface area (Å²) in [4.78, 5) is 0. The second kappa shape index (κ2) is 9.71. The summed E-state index contributed by atoms with van der Waals surface area (Å²) >= 11 is 0. The first-order valence-corrected chi connectivity index (χ1v) is 6.31. The molecule has 1 unspecified atom stereocenters. The Kier molecular flexibility index (Phi) is 14.5. The molecule has 0 bridgehead atoms. The van der Waals surface area contributed by atoms with Crippen LogP contribution in [0.3, 0.4) is 0 Å². The highest BCUT2D eigenvalue weighted by Crippen LogP contribution is 1.41. The van der Waals surface area contributed by atoms with E-state index >= 15 is 0 Å². The molecule has 1 atom stereocenters. The van der Waals surface area contributed by atoms with Gasteiger partial charge in [0.25, 0.3) is 0 Å². The fraction of sp³-hybridized carbons (Fsp3) is 1.00. The van der Waals surface area contributed by atoms with Gasteiger partial charge in [0.1, 0.15) is 10.5 Å². The maximum Gasteiger partial charge on any atom is 0.145 e. The van der Waals surface area contributed by atoms with Crippen molar-refractivity contribution in [3.63, 3.8) is 0 Å². The van der Waals surface area contributed by atoms with Crippen LogP contribution in [0.5, 0.6) is 0 Å². The number of hydrogen-bond donors (Lipinski definition) is 0. The predicted octanol–water partition coefficient (Wildman–Crippen LogP) is -2.94. The minimum absolute atomic E-state index is 0.265. The van der Waals surface area contributed by atoms with Crippen LogP contribution in [0.4, 0.5) is 0 Å². The van der Waals surface area contributed by atoms with Crippen molar-refractivity contribution in [1.82, 2.24) is 0 Å². The first-order valence-electron chi connectivity index (χ1n) is 1.56. The lowest BCUT2D eigenvalue weighted by atomic mass is 11.8. The van der Waals surface area contributed by atoms with E-state index in [1.54, 1.807) is 7.11 Å². The van der Waals surface area contributed by atoms with Crippen molar-refractivity contribution < 1.29 is 13.2 Å². The van der Waals surface area contributed by atoms with Crippen molar-refractivity contribution in [1.29, 1.82) is 0 Å². The van der Waals surface area contributed by atoms with Gasteiger partial charge in [0.15, 0.2) is 0 Å². The fourth-order valence-corrected chi connectivity index (χ4v) is 0. The molecule has 46 valence electrons. The molecule has 7 heavy (non-hydrogen) atoms. The molecule has 0 fully saturated rings. The van der Waals surface area contributed by atoms with E-state index in [4.69, 9.17) is 8.76 Å². The third kappa shape index (κ3) is 520. The summed E-state index contributed by atoms with van der Waals surface area (Å²) in [5, 5.41) is 0. The minimum atomic E-state index is -1.72. The van der Waals surface area contributed by atoms with Crippen molar-refractivity contribution >= 4 is 30.4 Å². The highest BCUT2D eigenvalue weighted by molar-refractivity contribution is 8.01. The summed E-state index contributed by atoms with van der Waals surface area (Å²) in [6.45, 7) is 0. The van der Waals surface area contributed by atoms with Crippen molar-refractivity contribution in [3.05, 3.63) is 0 Å². The monoisotopic (exact) mass is 157 g/mol. The van der Waals surface area contributed by atoms with Crippen LogP contribution in [0.1, 0.15) is 0 Å². The van der Waals surface area contributed by atoms with Gasteiger partial charge < -0.3 is 8.98 Å². The van der Waals surface area contributed by atoms with Crippen LogP contribution >= 0.6 is 0 Å². The zero-order chi connectivity index (χ0) is 6.28. The lowest BCUT2D eigenvalue weighted by molar-refractivity contribution is 0.460. The van der Waals surface area contributed by atoms with Crippen LogP contribution < -0.4 is 0 Å². The van der Waals surface area contributed by atoms with Crippen LogP contribution in [0.15, 0.2) is 0 Å². The Bertz CT molecular complexity index is 44.2. The molecule has 0 aromatic carbocycles. The summed E-state index contributed by atoms with van der Waals surface area (Å²) < 4.78 is 22.5. The molecule has 0 saturated heterocycles. The maximum absolute atomic E-state index is 9.06. The van der Waals surface area contributed by atoms with E-state index in [2.05, 4.69) is 4.43 Å². The van der Waals surface area contributed by atoms with Gasteiger partial charge >= 0.3 is 0 Å². The third-order valence-electron chi connectivity index (χ3n) is 0. The van der Waals surface area contributed by atoms with E-state index in [1.165, 1.54) is 0 Å². The molecular weight excluding hydrogens is 148 g/mol. The normalized spacial score (nSPS) is 12.3. The summed E-state index contributed by atoms with van der Waals surface area (Å²) in [6, 6.07) is 0. The van der Waals surface area contributed by atoms with E-state index in [9.17, 15) is 0 Å². The molecule has 0 spiro atoms. The van der Waals surface area contributed by atoms with Gasteiger partial charge in [-0.05, 0) is 0 Å². The van der Waals surface area contributed by atoms with Gasteiger partial charge in [-0.1, -0.05) is 10.5 Å². The molecule has 0 aromatic rings. The van der Waals surface area contributed by atoms with Crippen LogP contribution in [0.25, 0.3) is 0 Å². The molecule has 0 heterocycles. The second-order valence-electron chi connectivity index (χ2n) is 0.810. The first kappa shape index (κ1) is 10.5. The Labute approximate surface area is 51.3 Å². The highest BCUT2D eigenvalue weighted by Gasteiger charge is 1.42. The highest BCUT2D eigenvalue weighted by atomic mass is 32.4. The summed E-state index contributed by atoms with van der Waals surface area (Å²) in [6.07, 6.45) is 0. The minimum Gasteiger partial charge on any atom is -0.778 e. The molecule has 0 radical (unpaired) electrons. The zero-order valence-electron chi connectivity index (χ0n) is 4.63. The van der Waals surface area contributed by atoms with E-state index in [-0.39, 0.29) is 9.39 Å². The summed E-state index contributed by atoms with van der Waals surface area (Å²) in [7, 11) is 1.10. The molecule has 0 aliphatic carbocycles.